The summed E-state index contributed by atoms with van der Waals surface area (Å²) in [4.78, 5) is 0. The summed E-state index contributed by atoms with van der Waals surface area (Å²) in [5.41, 5.74) is 0.228. The lowest BCUT2D eigenvalue weighted by Gasteiger charge is -2.06. The zero-order valence-electron chi connectivity index (χ0n) is 13.1. The molecular formula is C19H15F2NO2. The van der Waals surface area contributed by atoms with Crippen LogP contribution in [0, 0.1) is 34.8 Å². The third-order valence-corrected chi connectivity index (χ3v) is 3.02. The molecule has 0 bridgehead atoms. The highest BCUT2D eigenvalue weighted by Crippen LogP contribution is 2.15. The van der Waals surface area contributed by atoms with E-state index >= 15 is 0 Å². The molecule has 0 radical (unpaired) electrons. The van der Waals surface area contributed by atoms with Crippen LogP contribution in [0.15, 0.2) is 36.4 Å². The minimum atomic E-state index is -0.919. The van der Waals surface area contributed by atoms with Crippen molar-refractivity contribution in [2.75, 3.05) is 13.4 Å². The second kappa shape index (κ2) is 8.67. The molecule has 3 nitrogen and oxygen atoms in total. The van der Waals surface area contributed by atoms with Gasteiger partial charge in [-0.3, -0.25) is 0 Å². The number of halogens is 2. The monoisotopic (exact) mass is 327 g/mol. The number of nitriles is 1. The SMILES string of the molecule is CCCOCOc1ccc(C#Cc2cc(F)c(C#N)c(F)c2)cc1. The average molecular weight is 327 g/mol. The zero-order chi connectivity index (χ0) is 17.4. The van der Waals surface area contributed by atoms with Gasteiger partial charge >= 0.3 is 0 Å². The van der Waals surface area contributed by atoms with Crippen LogP contribution in [0.4, 0.5) is 8.78 Å². The van der Waals surface area contributed by atoms with Gasteiger partial charge in [0.25, 0.3) is 0 Å². The Morgan fingerprint density at radius 1 is 1.00 bits per heavy atom. The summed E-state index contributed by atoms with van der Waals surface area (Å²) in [6, 6.07) is 10.5. The van der Waals surface area contributed by atoms with E-state index in [2.05, 4.69) is 11.8 Å². The highest BCUT2D eigenvalue weighted by Gasteiger charge is 2.09. The van der Waals surface area contributed by atoms with Gasteiger partial charge in [-0.05, 0) is 42.8 Å². The van der Waals surface area contributed by atoms with Gasteiger partial charge in [-0.2, -0.15) is 5.26 Å². The van der Waals surface area contributed by atoms with Crippen molar-refractivity contribution in [1.29, 1.82) is 5.26 Å². The largest absolute Gasteiger partial charge is 0.468 e. The molecule has 0 fully saturated rings. The van der Waals surface area contributed by atoms with Gasteiger partial charge in [0.05, 0.1) is 6.61 Å². The number of hydrogen-bond donors (Lipinski definition) is 0. The average Bonchev–Trinajstić information content (AvgIpc) is 2.58. The Kier molecular flexibility index (Phi) is 6.31. The van der Waals surface area contributed by atoms with Crippen molar-refractivity contribution in [3.63, 3.8) is 0 Å². The topological polar surface area (TPSA) is 42.2 Å². The third-order valence-electron chi connectivity index (χ3n) is 3.02. The van der Waals surface area contributed by atoms with Crippen molar-refractivity contribution in [2.24, 2.45) is 0 Å². The first-order valence-corrected chi connectivity index (χ1v) is 7.35. The van der Waals surface area contributed by atoms with Crippen LogP contribution in [0.5, 0.6) is 5.75 Å². The molecule has 2 rings (SSSR count). The van der Waals surface area contributed by atoms with E-state index in [1.54, 1.807) is 24.3 Å². The van der Waals surface area contributed by atoms with Crippen LogP contribution in [-0.2, 0) is 4.74 Å². The molecule has 0 spiro atoms. The van der Waals surface area contributed by atoms with E-state index in [0.29, 0.717) is 17.9 Å². The number of nitrogens with zero attached hydrogens (tertiary/aromatic N) is 1. The maximum atomic E-state index is 13.5. The maximum Gasteiger partial charge on any atom is 0.189 e. The summed E-state index contributed by atoms with van der Waals surface area (Å²) in [5, 5.41) is 8.63. The molecule has 2 aromatic rings. The van der Waals surface area contributed by atoms with E-state index in [9.17, 15) is 8.78 Å². The lowest BCUT2D eigenvalue weighted by molar-refractivity contribution is 0.0157. The normalized spacial score (nSPS) is 9.75. The van der Waals surface area contributed by atoms with Crippen LogP contribution >= 0.6 is 0 Å². The van der Waals surface area contributed by atoms with Gasteiger partial charge in [-0.1, -0.05) is 18.8 Å². The number of benzene rings is 2. The second-order valence-electron chi connectivity index (χ2n) is 4.87. The van der Waals surface area contributed by atoms with Crippen LogP contribution < -0.4 is 4.74 Å². The standard InChI is InChI=1S/C19H15F2NO2/c1-2-9-23-13-24-16-7-5-14(6-8-16)3-4-15-10-18(20)17(12-22)19(21)11-15/h5-8,10-11H,2,9,13H2,1H3. The highest BCUT2D eigenvalue weighted by atomic mass is 19.1. The molecule has 0 unspecified atom stereocenters. The molecule has 24 heavy (non-hydrogen) atoms. The lowest BCUT2D eigenvalue weighted by Crippen LogP contribution is -2.03. The number of ether oxygens (including phenoxy) is 2. The molecule has 0 aliphatic heterocycles. The molecule has 0 aliphatic rings. The molecule has 0 amide bonds. The summed E-state index contributed by atoms with van der Waals surface area (Å²) in [6.07, 6.45) is 0.925. The molecule has 0 aromatic heterocycles. The van der Waals surface area contributed by atoms with Crippen molar-refractivity contribution in [1.82, 2.24) is 0 Å². The van der Waals surface area contributed by atoms with E-state index in [0.717, 1.165) is 18.6 Å². The Bertz CT molecular complexity index is 776. The molecule has 0 N–H and O–H groups in total. The summed E-state index contributed by atoms with van der Waals surface area (Å²) < 4.78 is 37.6. The molecule has 5 heteroatoms. The van der Waals surface area contributed by atoms with Crippen molar-refractivity contribution in [3.8, 4) is 23.7 Å². The molecule has 2 aromatic carbocycles. The van der Waals surface area contributed by atoms with E-state index in [4.69, 9.17) is 14.7 Å². The molecule has 0 saturated heterocycles. The first-order valence-electron chi connectivity index (χ1n) is 7.35. The van der Waals surface area contributed by atoms with Crippen molar-refractivity contribution in [2.45, 2.75) is 13.3 Å². The van der Waals surface area contributed by atoms with Crippen LogP contribution in [0.3, 0.4) is 0 Å². The molecule has 0 aliphatic carbocycles. The van der Waals surface area contributed by atoms with Crippen LogP contribution in [0.25, 0.3) is 0 Å². The van der Waals surface area contributed by atoms with Crippen molar-refractivity contribution >= 4 is 0 Å². The third kappa shape index (κ3) is 4.81. The highest BCUT2D eigenvalue weighted by molar-refractivity contribution is 5.46. The van der Waals surface area contributed by atoms with E-state index in [-0.39, 0.29) is 12.4 Å². The predicted octanol–water partition coefficient (Wildman–Crippen LogP) is 4.00. The number of rotatable bonds is 5. The van der Waals surface area contributed by atoms with E-state index in [1.165, 1.54) is 6.07 Å². The Morgan fingerprint density at radius 3 is 2.21 bits per heavy atom. The lowest BCUT2D eigenvalue weighted by atomic mass is 10.1. The molecule has 0 heterocycles. The van der Waals surface area contributed by atoms with E-state index in [1.807, 2.05) is 6.92 Å². The summed E-state index contributed by atoms with van der Waals surface area (Å²) >= 11 is 0. The van der Waals surface area contributed by atoms with Gasteiger partial charge < -0.3 is 9.47 Å². The Labute approximate surface area is 139 Å². The van der Waals surface area contributed by atoms with Crippen molar-refractivity contribution in [3.05, 3.63) is 64.7 Å². The predicted molar refractivity (Wildman–Crippen MR) is 85.2 cm³/mol. The molecule has 122 valence electrons. The number of hydrogen-bond acceptors (Lipinski definition) is 3. The van der Waals surface area contributed by atoms with Gasteiger partial charge in [0.15, 0.2) is 6.79 Å². The van der Waals surface area contributed by atoms with Crippen molar-refractivity contribution < 1.29 is 18.3 Å². The Hall–Kier alpha value is -2.89. The summed E-state index contributed by atoms with van der Waals surface area (Å²) in [6.45, 7) is 2.84. The first-order chi connectivity index (χ1) is 11.6. The fourth-order valence-corrected chi connectivity index (χ4v) is 1.84. The van der Waals surface area contributed by atoms with Crippen LogP contribution in [0.1, 0.15) is 30.0 Å². The quantitative estimate of drug-likeness (QED) is 0.473. The smallest absolute Gasteiger partial charge is 0.189 e. The van der Waals surface area contributed by atoms with Gasteiger partial charge in [0.2, 0.25) is 0 Å². The van der Waals surface area contributed by atoms with E-state index < -0.39 is 17.2 Å². The van der Waals surface area contributed by atoms with Gasteiger partial charge in [0.1, 0.15) is 29.0 Å². The molecule has 0 saturated carbocycles. The van der Waals surface area contributed by atoms with Gasteiger partial charge in [-0.15, -0.1) is 0 Å². The maximum absolute atomic E-state index is 13.5. The fraction of sp³-hybridized carbons (Fsp3) is 0.211. The summed E-state index contributed by atoms with van der Waals surface area (Å²) in [5.74, 6) is 4.28. The zero-order valence-corrected chi connectivity index (χ0v) is 13.1. The van der Waals surface area contributed by atoms with Gasteiger partial charge in [0, 0.05) is 11.1 Å². The fourth-order valence-electron chi connectivity index (χ4n) is 1.84. The molecule has 0 atom stereocenters. The summed E-state index contributed by atoms with van der Waals surface area (Å²) in [7, 11) is 0. The van der Waals surface area contributed by atoms with Gasteiger partial charge in [-0.25, -0.2) is 8.78 Å². The van der Waals surface area contributed by atoms with Crippen LogP contribution in [-0.4, -0.2) is 13.4 Å². The minimum absolute atomic E-state index is 0.164. The molecular weight excluding hydrogens is 312 g/mol. The van der Waals surface area contributed by atoms with Crippen LogP contribution in [0.2, 0.25) is 0 Å². The second-order valence-corrected chi connectivity index (χ2v) is 4.87. The minimum Gasteiger partial charge on any atom is -0.468 e. The first kappa shape index (κ1) is 17.5. The Morgan fingerprint density at radius 2 is 1.62 bits per heavy atom. The Balaban J connectivity index is 2.05.